The summed E-state index contributed by atoms with van der Waals surface area (Å²) in [6, 6.07) is 11.7. The number of benzene rings is 1. The molecule has 2 aliphatic heterocycles. The summed E-state index contributed by atoms with van der Waals surface area (Å²) < 4.78 is 0. The molecular weight excluding hydrogens is 258 g/mol. The van der Waals surface area contributed by atoms with E-state index in [2.05, 4.69) is 59.3 Å². The molecule has 2 fully saturated rings. The third kappa shape index (κ3) is 3.31. The standard InChI is InChI=1S/C18H29N3/c1-3-20-12-7-10-17(14-20)21-13-11-19-18(2,15-21)16-8-5-4-6-9-16/h4-6,8-9,17,19H,3,7,10-15H2,1-2H3. The number of hydrogen-bond acceptors (Lipinski definition) is 3. The van der Waals surface area contributed by atoms with Crippen LogP contribution in [0.3, 0.4) is 0 Å². The van der Waals surface area contributed by atoms with Crippen LogP contribution in [0.15, 0.2) is 30.3 Å². The molecule has 3 heteroatoms. The Morgan fingerprint density at radius 1 is 1.24 bits per heavy atom. The van der Waals surface area contributed by atoms with Crippen LogP contribution in [-0.4, -0.2) is 55.1 Å². The molecule has 1 aromatic carbocycles. The molecule has 0 radical (unpaired) electrons. The molecule has 2 atom stereocenters. The van der Waals surface area contributed by atoms with E-state index in [0.29, 0.717) is 0 Å². The SMILES string of the molecule is CCN1CCCC(N2CCNC(C)(c3ccccc3)C2)C1. The lowest BCUT2D eigenvalue weighted by Crippen LogP contribution is -2.61. The van der Waals surface area contributed by atoms with Crippen molar-refractivity contribution < 1.29 is 0 Å². The fourth-order valence-corrected chi connectivity index (χ4v) is 3.94. The van der Waals surface area contributed by atoms with Crippen LogP contribution >= 0.6 is 0 Å². The van der Waals surface area contributed by atoms with Crippen LogP contribution in [0, 0.1) is 0 Å². The third-order valence-electron chi connectivity index (χ3n) is 5.29. The number of likely N-dealkylation sites (tertiary alicyclic amines) is 1. The van der Waals surface area contributed by atoms with Gasteiger partial charge in [-0.1, -0.05) is 37.3 Å². The Bertz CT molecular complexity index is 447. The monoisotopic (exact) mass is 287 g/mol. The smallest absolute Gasteiger partial charge is 0.0535 e. The summed E-state index contributed by atoms with van der Waals surface area (Å²) in [6.07, 6.45) is 2.71. The van der Waals surface area contributed by atoms with E-state index >= 15 is 0 Å². The molecule has 0 spiro atoms. The molecule has 0 aliphatic carbocycles. The van der Waals surface area contributed by atoms with Crippen molar-refractivity contribution in [2.24, 2.45) is 0 Å². The van der Waals surface area contributed by atoms with Crippen molar-refractivity contribution in [2.45, 2.75) is 38.3 Å². The van der Waals surface area contributed by atoms with E-state index in [1.54, 1.807) is 0 Å². The van der Waals surface area contributed by atoms with E-state index in [9.17, 15) is 0 Å². The average molecular weight is 287 g/mol. The maximum atomic E-state index is 3.75. The van der Waals surface area contributed by atoms with E-state index in [4.69, 9.17) is 0 Å². The quantitative estimate of drug-likeness (QED) is 0.920. The predicted molar refractivity (Wildman–Crippen MR) is 88.5 cm³/mol. The lowest BCUT2D eigenvalue weighted by molar-refractivity contribution is 0.0526. The van der Waals surface area contributed by atoms with E-state index in [1.165, 1.54) is 44.6 Å². The molecule has 0 bridgehead atoms. The highest BCUT2D eigenvalue weighted by molar-refractivity contribution is 5.25. The number of nitrogens with one attached hydrogen (secondary N) is 1. The lowest BCUT2D eigenvalue weighted by Gasteiger charge is -2.47. The second-order valence-electron chi connectivity index (χ2n) is 6.78. The van der Waals surface area contributed by atoms with Crippen LogP contribution in [0.2, 0.25) is 0 Å². The van der Waals surface area contributed by atoms with Crippen LogP contribution in [-0.2, 0) is 5.54 Å². The van der Waals surface area contributed by atoms with Gasteiger partial charge in [-0.25, -0.2) is 0 Å². The van der Waals surface area contributed by atoms with E-state index < -0.39 is 0 Å². The Morgan fingerprint density at radius 2 is 2.05 bits per heavy atom. The fraction of sp³-hybridized carbons (Fsp3) is 0.667. The Hall–Kier alpha value is -0.900. The molecule has 3 nitrogen and oxygen atoms in total. The number of nitrogens with zero attached hydrogens (tertiary/aromatic N) is 2. The Morgan fingerprint density at radius 3 is 2.81 bits per heavy atom. The van der Waals surface area contributed by atoms with Crippen molar-refractivity contribution >= 4 is 0 Å². The Balaban J connectivity index is 1.71. The molecule has 2 unspecified atom stereocenters. The van der Waals surface area contributed by atoms with Gasteiger partial charge in [0.2, 0.25) is 0 Å². The predicted octanol–water partition coefficient (Wildman–Crippen LogP) is 2.29. The summed E-state index contributed by atoms with van der Waals surface area (Å²) in [5.41, 5.74) is 1.51. The Labute approximate surface area is 129 Å². The summed E-state index contributed by atoms with van der Waals surface area (Å²) in [7, 11) is 0. The first kappa shape index (κ1) is 15.0. The van der Waals surface area contributed by atoms with Gasteiger partial charge in [0, 0.05) is 32.2 Å². The van der Waals surface area contributed by atoms with Gasteiger partial charge in [0.15, 0.2) is 0 Å². The van der Waals surface area contributed by atoms with Crippen molar-refractivity contribution in [3.8, 4) is 0 Å². The van der Waals surface area contributed by atoms with E-state index in [1.807, 2.05) is 0 Å². The number of piperazine rings is 1. The second-order valence-corrected chi connectivity index (χ2v) is 6.78. The van der Waals surface area contributed by atoms with Crippen molar-refractivity contribution in [1.82, 2.24) is 15.1 Å². The zero-order chi connectivity index (χ0) is 14.7. The Kier molecular flexibility index (Phi) is 4.63. The topological polar surface area (TPSA) is 18.5 Å². The zero-order valence-corrected chi connectivity index (χ0v) is 13.5. The van der Waals surface area contributed by atoms with Crippen LogP contribution in [0.1, 0.15) is 32.3 Å². The number of likely N-dealkylation sites (N-methyl/N-ethyl adjacent to an activating group) is 1. The lowest BCUT2D eigenvalue weighted by atomic mass is 9.88. The molecule has 0 amide bonds. The second kappa shape index (κ2) is 6.47. The first-order chi connectivity index (χ1) is 10.2. The minimum atomic E-state index is 0.0913. The fourth-order valence-electron chi connectivity index (χ4n) is 3.94. The molecule has 21 heavy (non-hydrogen) atoms. The number of rotatable bonds is 3. The first-order valence-corrected chi connectivity index (χ1v) is 8.48. The first-order valence-electron chi connectivity index (χ1n) is 8.48. The zero-order valence-electron chi connectivity index (χ0n) is 13.5. The summed E-state index contributed by atoms with van der Waals surface area (Å²) in [6.45, 7) is 11.8. The van der Waals surface area contributed by atoms with Crippen molar-refractivity contribution in [3.63, 3.8) is 0 Å². The molecule has 2 aliphatic rings. The van der Waals surface area contributed by atoms with Crippen LogP contribution < -0.4 is 5.32 Å². The molecular formula is C18H29N3. The number of piperidine rings is 1. The molecule has 0 saturated carbocycles. The van der Waals surface area contributed by atoms with Crippen molar-refractivity contribution in [3.05, 3.63) is 35.9 Å². The van der Waals surface area contributed by atoms with Gasteiger partial charge in [-0.2, -0.15) is 0 Å². The molecule has 1 N–H and O–H groups in total. The van der Waals surface area contributed by atoms with Crippen LogP contribution in [0.25, 0.3) is 0 Å². The number of hydrogen-bond donors (Lipinski definition) is 1. The summed E-state index contributed by atoms with van der Waals surface area (Å²) in [4.78, 5) is 5.33. The summed E-state index contributed by atoms with van der Waals surface area (Å²) >= 11 is 0. The third-order valence-corrected chi connectivity index (χ3v) is 5.29. The average Bonchev–Trinajstić information content (AvgIpc) is 2.56. The van der Waals surface area contributed by atoms with Gasteiger partial charge in [0.25, 0.3) is 0 Å². The van der Waals surface area contributed by atoms with Gasteiger partial charge >= 0.3 is 0 Å². The van der Waals surface area contributed by atoms with E-state index in [0.717, 1.165) is 19.1 Å². The molecule has 3 rings (SSSR count). The minimum Gasteiger partial charge on any atom is -0.305 e. The summed E-state index contributed by atoms with van der Waals surface area (Å²) in [5.74, 6) is 0. The van der Waals surface area contributed by atoms with Gasteiger partial charge in [-0.3, -0.25) is 4.90 Å². The van der Waals surface area contributed by atoms with Gasteiger partial charge in [-0.05, 0) is 38.4 Å². The highest BCUT2D eigenvalue weighted by atomic mass is 15.3. The molecule has 2 saturated heterocycles. The highest BCUT2D eigenvalue weighted by Gasteiger charge is 2.35. The summed E-state index contributed by atoms with van der Waals surface area (Å²) in [5, 5.41) is 3.75. The maximum absolute atomic E-state index is 3.75. The van der Waals surface area contributed by atoms with Crippen LogP contribution in [0.4, 0.5) is 0 Å². The van der Waals surface area contributed by atoms with Gasteiger partial charge in [0.05, 0.1) is 5.54 Å². The largest absolute Gasteiger partial charge is 0.305 e. The highest BCUT2D eigenvalue weighted by Crippen LogP contribution is 2.27. The van der Waals surface area contributed by atoms with E-state index in [-0.39, 0.29) is 5.54 Å². The van der Waals surface area contributed by atoms with Gasteiger partial charge < -0.3 is 10.2 Å². The molecule has 116 valence electrons. The van der Waals surface area contributed by atoms with Gasteiger partial charge in [-0.15, -0.1) is 0 Å². The molecule has 1 aromatic rings. The molecule has 2 heterocycles. The molecule has 0 aromatic heterocycles. The maximum Gasteiger partial charge on any atom is 0.0535 e. The van der Waals surface area contributed by atoms with Crippen molar-refractivity contribution in [2.75, 3.05) is 39.3 Å². The minimum absolute atomic E-state index is 0.0913. The van der Waals surface area contributed by atoms with Gasteiger partial charge in [0.1, 0.15) is 0 Å². The normalized spacial score (nSPS) is 32.2. The van der Waals surface area contributed by atoms with Crippen LogP contribution in [0.5, 0.6) is 0 Å². The van der Waals surface area contributed by atoms with Crippen molar-refractivity contribution in [1.29, 1.82) is 0 Å².